The highest BCUT2D eigenvalue weighted by Crippen LogP contribution is 2.18. The van der Waals surface area contributed by atoms with Crippen molar-refractivity contribution >= 4 is 21.6 Å². The van der Waals surface area contributed by atoms with Crippen LogP contribution in [0, 0.1) is 0 Å². The molecule has 152 valence electrons. The van der Waals surface area contributed by atoms with Gasteiger partial charge < -0.3 is 14.8 Å². The molecule has 2 aromatic rings. The van der Waals surface area contributed by atoms with Crippen molar-refractivity contribution in [1.29, 1.82) is 0 Å². The molecule has 8 heteroatoms. The van der Waals surface area contributed by atoms with E-state index in [0.29, 0.717) is 31.0 Å². The van der Waals surface area contributed by atoms with Gasteiger partial charge in [0.05, 0.1) is 25.6 Å². The molecule has 0 fully saturated rings. The Labute approximate surface area is 166 Å². The number of amides is 1. The Morgan fingerprint density at radius 3 is 2.29 bits per heavy atom. The minimum atomic E-state index is -3.40. The van der Waals surface area contributed by atoms with Crippen LogP contribution < -0.4 is 19.1 Å². The van der Waals surface area contributed by atoms with Crippen LogP contribution in [0.1, 0.15) is 12.8 Å². The molecule has 0 aliphatic carbocycles. The molecule has 0 unspecified atom stereocenters. The Morgan fingerprint density at radius 1 is 1.04 bits per heavy atom. The lowest BCUT2D eigenvalue weighted by Gasteiger charge is -2.22. The first-order valence-electron chi connectivity index (χ1n) is 8.96. The van der Waals surface area contributed by atoms with Crippen LogP contribution in [-0.4, -0.2) is 47.4 Å². The van der Waals surface area contributed by atoms with Crippen molar-refractivity contribution in [2.45, 2.75) is 12.8 Å². The van der Waals surface area contributed by atoms with Gasteiger partial charge in [-0.3, -0.25) is 9.10 Å². The van der Waals surface area contributed by atoms with Crippen molar-refractivity contribution in [3.8, 4) is 11.5 Å². The number of nitrogens with zero attached hydrogens (tertiary/aromatic N) is 1. The van der Waals surface area contributed by atoms with Gasteiger partial charge in [-0.2, -0.15) is 0 Å². The zero-order valence-corrected chi connectivity index (χ0v) is 16.9. The maximum atomic E-state index is 12.0. The lowest BCUT2D eigenvalue weighted by Crippen LogP contribution is -2.32. The average molecular weight is 407 g/mol. The van der Waals surface area contributed by atoms with Crippen molar-refractivity contribution in [3.05, 3.63) is 54.6 Å². The van der Waals surface area contributed by atoms with E-state index in [-0.39, 0.29) is 18.9 Å². The summed E-state index contributed by atoms with van der Waals surface area (Å²) >= 11 is 0. The molecule has 0 saturated heterocycles. The third-order valence-corrected chi connectivity index (χ3v) is 5.16. The quantitative estimate of drug-likeness (QED) is 0.580. The van der Waals surface area contributed by atoms with Crippen LogP contribution in [0.5, 0.6) is 11.5 Å². The molecule has 0 heterocycles. The minimum absolute atomic E-state index is 0.139. The molecule has 2 rings (SSSR count). The first-order valence-corrected chi connectivity index (χ1v) is 10.8. The zero-order chi connectivity index (χ0) is 20.4. The van der Waals surface area contributed by atoms with E-state index in [1.165, 1.54) is 4.31 Å². The summed E-state index contributed by atoms with van der Waals surface area (Å²) in [6.45, 7) is 0.968. The highest BCUT2D eigenvalue weighted by atomic mass is 32.2. The van der Waals surface area contributed by atoms with E-state index in [1.54, 1.807) is 55.6 Å². The van der Waals surface area contributed by atoms with E-state index in [9.17, 15) is 13.2 Å². The van der Waals surface area contributed by atoms with Crippen molar-refractivity contribution < 1.29 is 22.7 Å². The summed E-state index contributed by atoms with van der Waals surface area (Å²) < 4.78 is 35.9. The van der Waals surface area contributed by atoms with Crippen LogP contribution in [0.4, 0.5) is 5.69 Å². The summed E-state index contributed by atoms with van der Waals surface area (Å²) in [4.78, 5) is 12.0. The molecule has 0 aliphatic rings. The fraction of sp³-hybridized carbons (Fsp3) is 0.350. The molecule has 0 saturated carbocycles. The summed E-state index contributed by atoms with van der Waals surface area (Å²) in [5, 5.41) is 2.77. The number of ether oxygens (including phenoxy) is 2. The molecule has 0 aromatic heterocycles. The molecule has 28 heavy (non-hydrogen) atoms. The van der Waals surface area contributed by atoms with Gasteiger partial charge in [0.1, 0.15) is 18.1 Å². The van der Waals surface area contributed by atoms with E-state index < -0.39 is 10.0 Å². The maximum absolute atomic E-state index is 12.0. The van der Waals surface area contributed by atoms with Crippen LogP contribution in [0.15, 0.2) is 54.6 Å². The van der Waals surface area contributed by atoms with Crippen LogP contribution in [0.3, 0.4) is 0 Å². The molecule has 2 aromatic carbocycles. The predicted octanol–water partition coefficient (Wildman–Crippen LogP) is 2.44. The summed E-state index contributed by atoms with van der Waals surface area (Å²) in [5.41, 5.74) is 0.596. The molecule has 0 radical (unpaired) electrons. The third kappa shape index (κ3) is 7.11. The first-order chi connectivity index (χ1) is 13.4. The molecule has 0 aliphatic heterocycles. The fourth-order valence-electron chi connectivity index (χ4n) is 2.58. The third-order valence-electron chi connectivity index (χ3n) is 3.96. The number of hydrogen-bond donors (Lipinski definition) is 1. The second-order valence-electron chi connectivity index (χ2n) is 6.15. The Bertz CT molecular complexity index is 839. The van der Waals surface area contributed by atoms with Gasteiger partial charge in [-0.15, -0.1) is 0 Å². The van der Waals surface area contributed by atoms with Gasteiger partial charge in [-0.05, 0) is 42.8 Å². The Morgan fingerprint density at radius 2 is 1.68 bits per heavy atom. The number of carbonyl (C=O) groups is 1. The summed E-state index contributed by atoms with van der Waals surface area (Å²) in [6, 6.07) is 16.0. The normalized spacial score (nSPS) is 10.9. The van der Waals surface area contributed by atoms with Crippen LogP contribution >= 0.6 is 0 Å². The highest BCUT2D eigenvalue weighted by Gasteiger charge is 2.17. The Hall–Kier alpha value is -2.74. The number of sulfonamides is 1. The van der Waals surface area contributed by atoms with Crippen molar-refractivity contribution in [2.24, 2.45) is 0 Å². The van der Waals surface area contributed by atoms with E-state index in [2.05, 4.69) is 5.32 Å². The van der Waals surface area contributed by atoms with Gasteiger partial charge in [-0.25, -0.2) is 8.42 Å². The average Bonchev–Trinajstić information content (AvgIpc) is 2.69. The zero-order valence-electron chi connectivity index (χ0n) is 16.1. The largest absolute Gasteiger partial charge is 0.497 e. The standard InChI is InChI=1S/C20H26N2O5S/c1-26-18-10-12-19(13-11-18)27-16-14-21-20(23)9-6-15-22(28(2,24)25)17-7-4-3-5-8-17/h3-5,7-8,10-13H,6,9,14-16H2,1-2H3,(H,21,23). The smallest absolute Gasteiger partial charge is 0.232 e. The predicted molar refractivity (Wildman–Crippen MR) is 109 cm³/mol. The number of nitrogens with one attached hydrogen (secondary N) is 1. The van der Waals surface area contributed by atoms with Gasteiger partial charge >= 0.3 is 0 Å². The van der Waals surface area contributed by atoms with Gasteiger partial charge in [0, 0.05) is 13.0 Å². The monoisotopic (exact) mass is 406 g/mol. The van der Waals surface area contributed by atoms with Gasteiger partial charge in [-0.1, -0.05) is 18.2 Å². The number of para-hydroxylation sites is 1. The van der Waals surface area contributed by atoms with Gasteiger partial charge in [0.15, 0.2) is 0 Å². The summed E-state index contributed by atoms with van der Waals surface area (Å²) in [7, 11) is -1.80. The van der Waals surface area contributed by atoms with Crippen LogP contribution in [-0.2, 0) is 14.8 Å². The lowest BCUT2D eigenvalue weighted by atomic mass is 10.2. The lowest BCUT2D eigenvalue weighted by molar-refractivity contribution is -0.121. The van der Waals surface area contributed by atoms with E-state index in [1.807, 2.05) is 6.07 Å². The molecule has 0 bridgehead atoms. The topological polar surface area (TPSA) is 84.9 Å². The molecule has 7 nitrogen and oxygen atoms in total. The number of carbonyl (C=O) groups excluding carboxylic acids is 1. The number of anilines is 1. The Kier molecular flexibility index (Phi) is 8.13. The van der Waals surface area contributed by atoms with E-state index in [0.717, 1.165) is 12.0 Å². The summed E-state index contributed by atoms with van der Waals surface area (Å²) in [5.74, 6) is 1.31. The van der Waals surface area contributed by atoms with E-state index in [4.69, 9.17) is 9.47 Å². The fourth-order valence-corrected chi connectivity index (χ4v) is 3.55. The second kappa shape index (κ2) is 10.6. The molecule has 1 amide bonds. The SMILES string of the molecule is COc1ccc(OCCNC(=O)CCCN(c2ccccc2)S(C)(=O)=O)cc1. The van der Waals surface area contributed by atoms with Crippen LogP contribution in [0.2, 0.25) is 0 Å². The summed E-state index contributed by atoms with van der Waals surface area (Å²) in [6.07, 6.45) is 1.82. The first kappa shape index (κ1) is 21.6. The maximum Gasteiger partial charge on any atom is 0.232 e. The molecule has 1 N–H and O–H groups in total. The molecular weight excluding hydrogens is 380 g/mol. The van der Waals surface area contributed by atoms with Gasteiger partial charge in [0.2, 0.25) is 15.9 Å². The highest BCUT2D eigenvalue weighted by molar-refractivity contribution is 7.92. The van der Waals surface area contributed by atoms with Crippen LogP contribution in [0.25, 0.3) is 0 Å². The van der Waals surface area contributed by atoms with Crippen molar-refractivity contribution in [1.82, 2.24) is 5.32 Å². The number of methoxy groups -OCH3 is 1. The molecule has 0 atom stereocenters. The number of rotatable bonds is 11. The molecule has 0 spiro atoms. The van der Waals surface area contributed by atoms with E-state index >= 15 is 0 Å². The number of benzene rings is 2. The van der Waals surface area contributed by atoms with Gasteiger partial charge in [0.25, 0.3) is 0 Å². The van der Waals surface area contributed by atoms with Crippen molar-refractivity contribution in [3.63, 3.8) is 0 Å². The Balaban J connectivity index is 1.69. The van der Waals surface area contributed by atoms with Crippen molar-refractivity contribution in [2.75, 3.05) is 37.4 Å². The second-order valence-corrected chi connectivity index (χ2v) is 8.05. The number of hydrogen-bond acceptors (Lipinski definition) is 5. The minimum Gasteiger partial charge on any atom is -0.497 e. The molecular formula is C20H26N2O5S.